The van der Waals surface area contributed by atoms with Crippen LogP contribution in [0.5, 0.6) is 0 Å². The van der Waals surface area contributed by atoms with E-state index in [4.69, 9.17) is 11.5 Å². The fourth-order valence-electron chi connectivity index (χ4n) is 1.85. The lowest BCUT2D eigenvalue weighted by molar-refractivity contribution is 0.0900. The van der Waals surface area contributed by atoms with Gasteiger partial charge in [0.2, 0.25) is 0 Å². The normalized spacial score (nSPS) is 11.6. The van der Waals surface area contributed by atoms with Gasteiger partial charge in [0.1, 0.15) is 5.82 Å². The molecule has 0 unspecified atom stereocenters. The minimum atomic E-state index is -0.150. The van der Waals surface area contributed by atoms with Crippen LogP contribution >= 0.6 is 0 Å². The standard InChI is InChI=1S/C15H20N4O/c1-15(2,3)12-9-13(17)19(18-12)14(20)8-10-4-6-11(16)7-5-10/h4-7,9H,8,16-17H2,1-3H3. The van der Waals surface area contributed by atoms with Crippen molar-refractivity contribution >= 4 is 17.4 Å². The first kappa shape index (κ1) is 14.1. The lowest BCUT2D eigenvalue weighted by atomic mass is 9.92. The monoisotopic (exact) mass is 272 g/mol. The summed E-state index contributed by atoms with van der Waals surface area (Å²) in [6.07, 6.45) is 0.246. The van der Waals surface area contributed by atoms with Crippen LogP contribution in [0.25, 0.3) is 0 Å². The Morgan fingerprint density at radius 3 is 2.30 bits per heavy atom. The lowest BCUT2D eigenvalue weighted by Crippen LogP contribution is -2.19. The third-order valence-electron chi connectivity index (χ3n) is 3.08. The summed E-state index contributed by atoms with van der Waals surface area (Å²) in [6, 6.07) is 8.96. The molecule has 0 atom stereocenters. The lowest BCUT2D eigenvalue weighted by Gasteiger charge is -2.13. The number of hydrogen-bond donors (Lipinski definition) is 2. The molecule has 5 heteroatoms. The number of nitrogens with zero attached hydrogens (tertiary/aromatic N) is 2. The molecule has 1 aromatic carbocycles. The zero-order chi connectivity index (χ0) is 14.9. The van der Waals surface area contributed by atoms with Crippen LogP contribution in [-0.2, 0) is 11.8 Å². The molecule has 0 saturated heterocycles. The number of carbonyl (C=O) groups excluding carboxylic acids is 1. The minimum Gasteiger partial charge on any atom is -0.399 e. The predicted octanol–water partition coefficient (Wildman–Crippen LogP) is 2.23. The van der Waals surface area contributed by atoms with E-state index in [1.807, 2.05) is 32.9 Å². The smallest absolute Gasteiger partial charge is 0.253 e. The topological polar surface area (TPSA) is 86.9 Å². The molecule has 1 aromatic heterocycles. The van der Waals surface area contributed by atoms with E-state index in [2.05, 4.69) is 5.10 Å². The Morgan fingerprint density at radius 1 is 1.20 bits per heavy atom. The van der Waals surface area contributed by atoms with Crippen molar-refractivity contribution in [2.24, 2.45) is 0 Å². The minimum absolute atomic E-state index is 0.138. The third kappa shape index (κ3) is 2.99. The van der Waals surface area contributed by atoms with Gasteiger partial charge in [-0.25, -0.2) is 0 Å². The molecule has 4 N–H and O–H groups in total. The van der Waals surface area contributed by atoms with E-state index in [0.29, 0.717) is 11.5 Å². The highest BCUT2D eigenvalue weighted by Crippen LogP contribution is 2.22. The summed E-state index contributed by atoms with van der Waals surface area (Å²) in [4.78, 5) is 12.2. The van der Waals surface area contributed by atoms with Gasteiger partial charge in [0, 0.05) is 17.2 Å². The van der Waals surface area contributed by atoms with Crippen molar-refractivity contribution in [1.82, 2.24) is 9.78 Å². The molecule has 0 fully saturated rings. The molecule has 0 radical (unpaired) electrons. The van der Waals surface area contributed by atoms with E-state index in [1.54, 1.807) is 18.2 Å². The Labute approximate surface area is 118 Å². The van der Waals surface area contributed by atoms with Crippen molar-refractivity contribution in [3.8, 4) is 0 Å². The summed E-state index contributed by atoms with van der Waals surface area (Å²) in [5, 5.41) is 4.31. The van der Waals surface area contributed by atoms with Crippen molar-refractivity contribution < 1.29 is 4.79 Å². The summed E-state index contributed by atoms with van der Waals surface area (Å²) in [5.74, 6) is 0.221. The van der Waals surface area contributed by atoms with E-state index >= 15 is 0 Å². The average molecular weight is 272 g/mol. The summed E-state index contributed by atoms with van der Waals surface area (Å²) < 4.78 is 1.27. The van der Waals surface area contributed by atoms with E-state index in [9.17, 15) is 4.79 Å². The number of benzene rings is 1. The van der Waals surface area contributed by atoms with E-state index in [1.165, 1.54) is 4.68 Å². The first-order valence-electron chi connectivity index (χ1n) is 6.51. The quantitative estimate of drug-likeness (QED) is 0.821. The van der Waals surface area contributed by atoms with Crippen molar-refractivity contribution in [3.63, 3.8) is 0 Å². The number of hydrogen-bond acceptors (Lipinski definition) is 4. The molecule has 2 aromatic rings. The highest BCUT2D eigenvalue weighted by atomic mass is 16.2. The molecule has 0 spiro atoms. The van der Waals surface area contributed by atoms with Gasteiger partial charge in [0.15, 0.2) is 0 Å². The van der Waals surface area contributed by atoms with Crippen molar-refractivity contribution in [2.45, 2.75) is 32.6 Å². The maximum atomic E-state index is 12.2. The molecular formula is C15H20N4O. The first-order valence-corrected chi connectivity index (χ1v) is 6.51. The van der Waals surface area contributed by atoms with Gasteiger partial charge in [-0.3, -0.25) is 4.79 Å². The summed E-state index contributed by atoms with van der Waals surface area (Å²) in [6.45, 7) is 6.09. The maximum Gasteiger partial charge on any atom is 0.253 e. The summed E-state index contributed by atoms with van der Waals surface area (Å²) in [7, 11) is 0. The summed E-state index contributed by atoms with van der Waals surface area (Å²) in [5.41, 5.74) is 13.7. The molecule has 0 saturated carbocycles. The molecule has 0 amide bonds. The number of carbonyl (C=O) groups is 1. The zero-order valence-corrected chi connectivity index (χ0v) is 12.1. The van der Waals surface area contributed by atoms with Crippen LogP contribution in [0, 0.1) is 0 Å². The van der Waals surface area contributed by atoms with Gasteiger partial charge >= 0.3 is 0 Å². The van der Waals surface area contributed by atoms with Gasteiger partial charge < -0.3 is 11.5 Å². The molecule has 0 aliphatic carbocycles. The van der Waals surface area contributed by atoms with Crippen LogP contribution in [0.2, 0.25) is 0 Å². The fraction of sp³-hybridized carbons (Fsp3) is 0.333. The Kier molecular flexibility index (Phi) is 3.53. The van der Waals surface area contributed by atoms with Gasteiger partial charge in [0.25, 0.3) is 5.91 Å². The molecule has 106 valence electrons. The SMILES string of the molecule is CC(C)(C)c1cc(N)n(C(=O)Cc2ccc(N)cc2)n1. The number of nitrogen functional groups attached to an aromatic ring is 2. The number of anilines is 2. The molecule has 0 bridgehead atoms. The van der Waals surface area contributed by atoms with Gasteiger partial charge in [0.05, 0.1) is 12.1 Å². The molecule has 20 heavy (non-hydrogen) atoms. The van der Waals surface area contributed by atoms with E-state index in [0.717, 1.165) is 11.3 Å². The van der Waals surface area contributed by atoms with Gasteiger partial charge in [-0.05, 0) is 17.7 Å². The van der Waals surface area contributed by atoms with E-state index in [-0.39, 0.29) is 17.7 Å². The van der Waals surface area contributed by atoms with Crippen LogP contribution in [0.4, 0.5) is 11.5 Å². The van der Waals surface area contributed by atoms with Gasteiger partial charge in [-0.1, -0.05) is 32.9 Å². The Morgan fingerprint density at radius 2 is 1.80 bits per heavy atom. The number of rotatable bonds is 2. The molecular weight excluding hydrogens is 252 g/mol. The largest absolute Gasteiger partial charge is 0.399 e. The second-order valence-electron chi connectivity index (χ2n) is 5.93. The molecule has 0 aliphatic heterocycles. The second kappa shape index (κ2) is 5.00. The van der Waals surface area contributed by atoms with Gasteiger partial charge in [-0.2, -0.15) is 9.78 Å². The molecule has 0 aliphatic rings. The van der Waals surface area contributed by atoms with Crippen LogP contribution in [0.3, 0.4) is 0 Å². The second-order valence-corrected chi connectivity index (χ2v) is 5.93. The third-order valence-corrected chi connectivity index (χ3v) is 3.08. The molecule has 2 rings (SSSR count). The van der Waals surface area contributed by atoms with E-state index < -0.39 is 0 Å². The van der Waals surface area contributed by atoms with Crippen molar-refractivity contribution in [1.29, 1.82) is 0 Å². The van der Waals surface area contributed by atoms with Gasteiger partial charge in [-0.15, -0.1) is 0 Å². The zero-order valence-electron chi connectivity index (χ0n) is 12.1. The van der Waals surface area contributed by atoms with Crippen LogP contribution in [0.1, 0.15) is 36.8 Å². The predicted molar refractivity (Wildman–Crippen MR) is 80.5 cm³/mol. The molecule has 5 nitrogen and oxygen atoms in total. The fourth-order valence-corrected chi connectivity index (χ4v) is 1.85. The van der Waals surface area contributed by atoms with Crippen LogP contribution < -0.4 is 11.5 Å². The highest BCUT2D eigenvalue weighted by Gasteiger charge is 2.21. The highest BCUT2D eigenvalue weighted by molar-refractivity contribution is 5.83. The average Bonchev–Trinajstić information content (AvgIpc) is 2.74. The van der Waals surface area contributed by atoms with Crippen molar-refractivity contribution in [2.75, 3.05) is 11.5 Å². The number of nitrogens with two attached hydrogens (primary N) is 2. The maximum absolute atomic E-state index is 12.2. The first-order chi connectivity index (χ1) is 9.27. The van der Waals surface area contributed by atoms with Crippen LogP contribution in [0.15, 0.2) is 30.3 Å². The summed E-state index contributed by atoms with van der Waals surface area (Å²) >= 11 is 0. The molecule has 1 heterocycles. The Balaban J connectivity index is 2.21. The number of aromatic nitrogens is 2. The van der Waals surface area contributed by atoms with Crippen molar-refractivity contribution in [3.05, 3.63) is 41.6 Å². The van der Waals surface area contributed by atoms with Crippen LogP contribution in [-0.4, -0.2) is 15.7 Å². The Hall–Kier alpha value is -2.30. The Bertz CT molecular complexity index is 620.